The second-order valence-electron chi connectivity index (χ2n) is 7.88. The van der Waals surface area contributed by atoms with Gasteiger partial charge in [-0.05, 0) is 54.5 Å². The van der Waals surface area contributed by atoms with E-state index in [1.165, 1.54) is 10.4 Å². The summed E-state index contributed by atoms with van der Waals surface area (Å²) in [6, 6.07) is 10.9. The monoisotopic (exact) mass is 418 g/mol. The van der Waals surface area contributed by atoms with Crippen LogP contribution in [0.4, 0.5) is 10.1 Å². The molecule has 2 aromatic carbocycles. The quantitative estimate of drug-likeness (QED) is 0.787. The molecule has 7 heteroatoms. The van der Waals surface area contributed by atoms with Crippen molar-refractivity contribution in [3.8, 4) is 0 Å². The van der Waals surface area contributed by atoms with Gasteiger partial charge in [0, 0.05) is 24.3 Å². The number of carbonyl (C=O) groups excluding carboxylic acids is 1. The van der Waals surface area contributed by atoms with Gasteiger partial charge in [0.25, 0.3) is 5.91 Å². The first-order valence-electron chi connectivity index (χ1n) is 9.91. The standard InChI is InChI=1S/C22H27FN2O3S/c1-4-17-7-5-6-8-20(17)24-22(26)18-9-10-19(23)21(12-18)29(27,28)25-13-15(2)11-16(3)14-25/h5-10,12,15-16H,4,11,13-14H2,1-3H3,(H,24,26)/t15-,16-/m0/s1. The predicted molar refractivity (Wildman–Crippen MR) is 112 cm³/mol. The second kappa shape index (κ2) is 8.63. The second-order valence-corrected chi connectivity index (χ2v) is 9.78. The largest absolute Gasteiger partial charge is 0.322 e. The summed E-state index contributed by atoms with van der Waals surface area (Å²) >= 11 is 0. The fraction of sp³-hybridized carbons (Fsp3) is 0.409. The van der Waals surface area contributed by atoms with Crippen LogP contribution in [-0.2, 0) is 16.4 Å². The minimum absolute atomic E-state index is 0.106. The molecule has 29 heavy (non-hydrogen) atoms. The van der Waals surface area contributed by atoms with Gasteiger partial charge in [0.2, 0.25) is 10.0 Å². The summed E-state index contributed by atoms with van der Waals surface area (Å²) < 4.78 is 42.0. The summed E-state index contributed by atoms with van der Waals surface area (Å²) in [5, 5.41) is 2.80. The Kier molecular flexibility index (Phi) is 6.39. The van der Waals surface area contributed by atoms with Crippen molar-refractivity contribution in [2.24, 2.45) is 11.8 Å². The first-order valence-corrected chi connectivity index (χ1v) is 11.3. The Labute approximate surface area is 172 Å². The number of anilines is 1. The van der Waals surface area contributed by atoms with E-state index in [1.807, 2.05) is 39.0 Å². The third-order valence-electron chi connectivity index (χ3n) is 5.29. The van der Waals surface area contributed by atoms with E-state index in [1.54, 1.807) is 6.07 Å². The predicted octanol–water partition coefficient (Wildman–Crippen LogP) is 4.31. The molecule has 2 atom stereocenters. The van der Waals surface area contributed by atoms with Crippen LogP contribution in [0.15, 0.2) is 47.4 Å². The Morgan fingerprint density at radius 2 is 1.79 bits per heavy atom. The van der Waals surface area contributed by atoms with Crippen LogP contribution in [0.2, 0.25) is 0 Å². The van der Waals surface area contributed by atoms with E-state index in [4.69, 9.17) is 0 Å². The van der Waals surface area contributed by atoms with Crippen LogP contribution >= 0.6 is 0 Å². The first kappa shape index (κ1) is 21.5. The lowest BCUT2D eigenvalue weighted by Gasteiger charge is -2.34. The molecule has 1 N–H and O–H groups in total. The lowest BCUT2D eigenvalue weighted by Crippen LogP contribution is -2.42. The third-order valence-corrected chi connectivity index (χ3v) is 7.14. The van der Waals surface area contributed by atoms with Crippen molar-refractivity contribution in [2.45, 2.75) is 38.5 Å². The molecule has 3 rings (SSSR count). The summed E-state index contributed by atoms with van der Waals surface area (Å²) in [5.74, 6) is -0.911. The number of hydrogen-bond donors (Lipinski definition) is 1. The topological polar surface area (TPSA) is 66.5 Å². The minimum Gasteiger partial charge on any atom is -0.322 e. The number of aryl methyl sites for hydroxylation is 1. The number of sulfonamides is 1. The fourth-order valence-electron chi connectivity index (χ4n) is 3.93. The number of piperidine rings is 1. The van der Waals surface area contributed by atoms with E-state index in [-0.39, 0.29) is 17.4 Å². The Morgan fingerprint density at radius 1 is 1.14 bits per heavy atom. The molecule has 5 nitrogen and oxygen atoms in total. The van der Waals surface area contributed by atoms with Crippen molar-refractivity contribution >= 4 is 21.6 Å². The van der Waals surface area contributed by atoms with Crippen molar-refractivity contribution in [3.05, 3.63) is 59.4 Å². The molecule has 0 radical (unpaired) electrons. The van der Waals surface area contributed by atoms with E-state index in [0.717, 1.165) is 30.5 Å². The Hall–Kier alpha value is -2.25. The highest BCUT2D eigenvalue weighted by atomic mass is 32.2. The lowest BCUT2D eigenvalue weighted by atomic mass is 9.94. The van der Waals surface area contributed by atoms with Crippen LogP contribution < -0.4 is 5.32 Å². The number of halogens is 1. The number of amides is 1. The molecule has 0 bridgehead atoms. The maximum Gasteiger partial charge on any atom is 0.255 e. The van der Waals surface area contributed by atoms with E-state index in [9.17, 15) is 17.6 Å². The third kappa shape index (κ3) is 4.67. The van der Waals surface area contributed by atoms with Gasteiger partial charge in [-0.25, -0.2) is 12.8 Å². The normalized spacial score (nSPS) is 20.4. The SMILES string of the molecule is CCc1ccccc1NC(=O)c1ccc(F)c(S(=O)(=O)N2C[C@@H](C)C[C@H](C)C2)c1. The van der Waals surface area contributed by atoms with Gasteiger partial charge in [0.15, 0.2) is 0 Å². The molecule has 0 aliphatic carbocycles. The molecule has 0 aromatic heterocycles. The number of rotatable bonds is 5. The number of benzene rings is 2. The van der Waals surface area contributed by atoms with E-state index >= 15 is 0 Å². The van der Waals surface area contributed by atoms with Gasteiger partial charge in [-0.1, -0.05) is 39.0 Å². The summed E-state index contributed by atoms with van der Waals surface area (Å²) in [7, 11) is -4.02. The van der Waals surface area contributed by atoms with Crippen LogP contribution in [0.3, 0.4) is 0 Å². The molecule has 1 aliphatic heterocycles. The smallest absolute Gasteiger partial charge is 0.255 e. The number of para-hydroxylation sites is 1. The molecule has 1 saturated heterocycles. The molecule has 0 saturated carbocycles. The summed E-state index contributed by atoms with van der Waals surface area (Å²) in [6.45, 7) is 6.67. The molecule has 1 fully saturated rings. The van der Waals surface area contributed by atoms with E-state index < -0.39 is 26.6 Å². The number of carbonyl (C=O) groups is 1. The van der Waals surface area contributed by atoms with E-state index in [2.05, 4.69) is 5.32 Å². The minimum atomic E-state index is -4.02. The molecule has 1 aliphatic rings. The number of hydrogen-bond acceptors (Lipinski definition) is 3. The van der Waals surface area contributed by atoms with Gasteiger partial charge in [0.1, 0.15) is 10.7 Å². The van der Waals surface area contributed by atoms with Gasteiger partial charge in [0.05, 0.1) is 0 Å². The van der Waals surface area contributed by atoms with Gasteiger partial charge in [-0.15, -0.1) is 0 Å². The Morgan fingerprint density at radius 3 is 2.45 bits per heavy atom. The number of nitrogens with zero attached hydrogens (tertiary/aromatic N) is 1. The fourth-order valence-corrected chi connectivity index (χ4v) is 5.70. The van der Waals surface area contributed by atoms with Crippen molar-refractivity contribution < 1.29 is 17.6 Å². The van der Waals surface area contributed by atoms with Crippen LogP contribution in [0.25, 0.3) is 0 Å². The van der Waals surface area contributed by atoms with Gasteiger partial charge in [-0.3, -0.25) is 4.79 Å². The average molecular weight is 419 g/mol. The lowest BCUT2D eigenvalue weighted by molar-refractivity contribution is 0.102. The highest BCUT2D eigenvalue weighted by Crippen LogP contribution is 2.28. The maximum absolute atomic E-state index is 14.5. The Balaban J connectivity index is 1.90. The molecular weight excluding hydrogens is 391 g/mol. The molecule has 0 spiro atoms. The zero-order valence-corrected chi connectivity index (χ0v) is 17.8. The maximum atomic E-state index is 14.5. The van der Waals surface area contributed by atoms with Crippen LogP contribution in [-0.4, -0.2) is 31.7 Å². The molecular formula is C22H27FN2O3S. The highest BCUT2D eigenvalue weighted by Gasteiger charge is 2.33. The zero-order valence-electron chi connectivity index (χ0n) is 17.0. The van der Waals surface area contributed by atoms with Crippen LogP contribution in [0, 0.1) is 17.7 Å². The highest BCUT2D eigenvalue weighted by molar-refractivity contribution is 7.89. The van der Waals surface area contributed by atoms with Gasteiger partial charge in [-0.2, -0.15) is 4.31 Å². The molecule has 1 amide bonds. The summed E-state index contributed by atoms with van der Waals surface area (Å²) in [5.41, 5.74) is 1.73. The summed E-state index contributed by atoms with van der Waals surface area (Å²) in [4.78, 5) is 12.3. The van der Waals surface area contributed by atoms with Crippen molar-refractivity contribution in [2.75, 3.05) is 18.4 Å². The molecule has 156 valence electrons. The molecule has 1 heterocycles. The van der Waals surface area contributed by atoms with E-state index in [0.29, 0.717) is 18.8 Å². The van der Waals surface area contributed by atoms with Crippen molar-refractivity contribution in [1.29, 1.82) is 0 Å². The van der Waals surface area contributed by atoms with Crippen LogP contribution in [0.1, 0.15) is 43.1 Å². The average Bonchev–Trinajstić information content (AvgIpc) is 2.67. The zero-order chi connectivity index (χ0) is 21.2. The summed E-state index contributed by atoms with van der Waals surface area (Å²) in [6.07, 6.45) is 1.68. The van der Waals surface area contributed by atoms with Gasteiger partial charge < -0.3 is 5.32 Å². The van der Waals surface area contributed by atoms with Gasteiger partial charge >= 0.3 is 0 Å². The molecule has 0 unspecified atom stereocenters. The Bertz CT molecular complexity index is 997. The number of nitrogens with one attached hydrogen (secondary N) is 1. The molecule has 2 aromatic rings. The van der Waals surface area contributed by atoms with Crippen molar-refractivity contribution in [1.82, 2.24) is 4.31 Å². The van der Waals surface area contributed by atoms with Crippen LogP contribution in [0.5, 0.6) is 0 Å². The van der Waals surface area contributed by atoms with Crippen molar-refractivity contribution in [3.63, 3.8) is 0 Å². The first-order chi connectivity index (χ1) is 13.7.